The largest absolute Gasteiger partial charge is 0.494 e. The number of methoxy groups -OCH3 is 1. The van der Waals surface area contributed by atoms with Gasteiger partial charge in [-0.05, 0) is 49.8 Å². The molecule has 0 saturated carbocycles. The number of carbonyl (C=O) groups is 2. The Balaban J connectivity index is 1.63. The third kappa shape index (κ3) is 5.18. The predicted molar refractivity (Wildman–Crippen MR) is 114 cm³/mol. The Kier molecular flexibility index (Phi) is 7.45. The molecular weight excluding hydrogens is 406 g/mol. The number of aromatic nitrogens is 3. The molecule has 2 heterocycles. The number of aromatic amines is 1. The van der Waals surface area contributed by atoms with Gasteiger partial charge in [0.2, 0.25) is 5.91 Å². The van der Waals surface area contributed by atoms with Crippen LogP contribution >= 0.6 is 12.2 Å². The summed E-state index contributed by atoms with van der Waals surface area (Å²) < 4.78 is 12.6. The fraction of sp³-hybridized carbons (Fsp3) is 0.500. The van der Waals surface area contributed by atoms with Crippen molar-refractivity contribution in [2.75, 3.05) is 39.9 Å². The molecule has 1 N–H and O–H groups in total. The molecule has 10 heteroatoms. The van der Waals surface area contributed by atoms with Crippen molar-refractivity contribution in [1.29, 1.82) is 0 Å². The van der Waals surface area contributed by atoms with Crippen LogP contribution in [0.5, 0.6) is 5.75 Å². The second-order valence-electron chi connectivity index (χ2n) is 6.90. The van der Waals surface area contributed by atoms with Crippen LogP contribution in [-0.4, -0.2) is 76.5 Å². The zero-order valence-corrected chi connectivity index (χ0v) is 18.1. The van der Waals surface area contributed by atoms with Gasteiger partial charge in [-0.2, -0.15) is 5.10 Å². The summed E-state index contributed by atoms with van der Waals surface area (Å²) in [7, 11) is 1.37. The van der Waals surface area contributed by atoms with E-state index in [2.05, 4.69) is 10.2 Å². The molecular formula is C20H27N5O4S. The van der Waals surface area contributed by atoms with E-state index < -0.39 is 0 Å². The summed E-state index contributed by atoms with van der Waals surface area (Å²) in [5.41, 5.74) is 0.891. The van der Waals surface area contributed by atoms with E-state index in [1.165, 1.54) is 7.11 Å². The molecule has 1 aliphatic rings. The van der Waals surface area contributed by atoms with Crippen LogP contribution in [0.2, 0.25) is 0 Å². The van der Waals surface area contributed by atoms with Crippen LogP contribution < -0.4 is 4.74 Å². The molecule has 162 valence electrons. The number of rotatable bonds is 6. The topological polar surface area (TPSA) is 92.7 Å². The highest BCUT2D eigenvalue weighted by atomic mass is 32.1. The quantitative estimate of drug-likeness (QED) is 0.704. The molecule has 2 amide bonds. The van der Waals surface area contributed by atoms with Gasteiger partial charge in [0.1, 0.15) is 5.75 Å². The Morgan fingerprint density at radius 3 is 2.53 bits per heavy atom. The van der Waals surface area contributed by atoms with Crippen LogP contribution in [0.3, 0.4) is 0 Å². The first-order chi connectivity index (χ1) is 14.5. The highest BCUT2D eigenvalue weighted by Crippen LogP contribution is 2.21. The monoisotopic (exact) mass is 433 g/mol. The highest BCUT2D eigenvalue weighted by molar-refractivity contribution is 7.71. The van der Waals surface area contributed by atoms with E-state index >= 15 is 0 Å². The van der Waals surface area contributed by atoms with Crippen LogP contribution in [0, 0.1) is 4.77 Å². The molecule has 0 spiro atoms. The van der Waals surface area contributed by atoms with E-state index in [4.69, 9.17) is 21.7 Å². The van der Waals surface area contributed by atoms with Gasteiger partial charge in [0, 0.05) is 44.7 Å². The lowest BCUT2D eigenvalue weighted by atomic mass is 10.2. The number of ether oxygens (including phenoxy) is 2. The highest BCUT2D eigenvalue weighted by Gasteiger charge is 2.22. The summed E-state index contributed by atoms with van der Waals surface area (Å²) in [5.74, 6) is 1.50. The lowest BCUT2D eigenvalue weighted by Gasteiger charge is -2.21. The summed E-state index contributed by atoms with van der Waals surface area (Å²) in [6, 6.07) is 7.61. The number of nitrogens with one attached hydrogen (secondary N) is 1. The van der Waals surface area contributed by atoms with Gasteiger partial charge in [-0.1, -0.05) is 0 Å². The van der Waals surface area contributed by atoms with Gasteiger partial charge >= 0.3 is 6.09 Å². The zero-order valence-electron chi connectivity index (χ0n) is 17.3. The lowest BCUT2D eigenvalue weighted by molar-refractivity contribution is -0.131. The van der Waals surface area contributed by atoms with Crippen LogP contribution in [0.1, 0.15) is 19.8 Å². The molecule has 1 fully saturated rings. The average molecular weight is 434 g/mol. The smallest absolute Gasteiger partial charge is 0.409 e. The number of benzene rings is 1. The molecule has 30 heavy (non-hydrogen) atoms. The van der Waals surface area contributed by atoms with Crippen LogP contribution in [0.15, 0.2) is 24.3 Å². The third-order valence-corrected chi connectivity index (χ3v) is 5.32. The van der Waals surface area contributed by atoms with E-state index in [1.807, 2.05) is 35.8 Å². The molecule has 0 atom stereocenters. The molecule has 1 saturated heterocycles. The molecule has 0 radical (unpaired) electrons. The lowest BCUT2D eigenvalue weighted by Crippen LogP contribution is -2.37. The number of nitrogens with zero attached hydrogens (tertiary/aromatic N) is 4. The van der Waals surface area contributed by atoms with E-state index in [9.17, 15) is 9.59 Å². The molecule has 1 aromatic heterocycles. The number of hydrogen-bond acceptors (Lipinski definition) is 6. The van der Waals surface area contributed by atoms with Crippen LogP contribution in [-0.2, 0) is 16.1 Å². The maximum atomic E-state index is 12.8. The maximum absolute atomic E-state index is 12.8. The third-order valence-electron chi connectivity index (χ3n) is 5.01. The van der Waals surface area contributed by atoms with Gasteiger partial charge in [0.05, 0.1) is 13.7 Å². The van der Waals surface area contributed by atoms with Crippen LogP contribution in [0.4, 0.5) is 4.79 Å². The van der Waals surface area contributed by atoms with Gasteiger partial charge < -0.3 is 19.3 Å². The molecule has 1 aliphatic heterocycles. The zero-order chi connectivity index (χ0) is 21.5. The van der Waals surface area contributed by atoms with Crippen molar-refractivity contribution in [1.82, 2.24) is 24.6 Å². The Morgan fingerprint density at radius 1 is 1.13 bits per heavy atom. The molecule has 0 bridgehead atoms. The summed E-state index contributed by atoms with van der Waals surface area (Å²) in [4.78, 5) is 27.9. The molecule has 0 unspecified atom stereocenters. The SMILES string of the molecule is CCOc1ccc(-c2n[nH]c(=S)n2CCC(=O)N2CCCN(C(=O)OC)CC2)cc1. The Morgan fingerprint density at radius 2 is 1.83 bits per heavy atom. The fourth-order valence-corrected chi connectivity index (χ4v) is 3.68. The minimum atomic E-state index is -0.353. The molecule has 3 rings (SSSR count). The molecule has 0 aliphatic carbocycles. The predicted octanol–water partition coefficient (Wildman–Crippen LogP) is 2.70. The van der Waals surface area contributed by atoms with Crippen molar-refractivity contribution in [2.45, 2.75) is 26.3 Å². The second kappa shape index (κ2) is 10.2. The molecule has 1 aromatic carbocycles. The van der Waals surface area contributed by atoms with E-state index in [1.54, 1.807) is 9.80 Å². The van der Waals surface area contributed by atoms with Crippen molar-refractivity contribution in [3.8, 4) is 17.1 Å². The number of H-pyrrole nitrogens is 1. The first-order valence-electron chi connectivity index (χ1n) is 10.0. The first kappa shape index (κ1) is 21.8. The van der Waals surface area contributed by atoms with Crippen molar-refractivity contribution < 1.29 is 19.1 Å². The fourth-order valence-electron chi connectivity index (χ4n) is 3.46. The summed E-state index contributed by atoms with van der Waals surface area (Å²) in [6.07, 6.45) is 0.675. The standard InChI is InChI=1S/C20H27N5O4S/c1-3-29-16-7-5-15(6-8-16)18-21-22-19(30)25(18)12-9-17(26)23-10-4-11-24(14-13-23)20(27)28-2/h5-8H,3-4,9-14H2,1-2H3,(H,22,30). The first-order valence-corrected chi connectivity index (χ1v) is 10.4. The summed E-state index contributed by atoms with van der Waals surface area (Å²) >= 11 is 5.37. The van der Waals surface area contributed by atoms with Crippen molar-refractivity contribution in [3.05, 3.63) is 29.0 Å². The number of amides is 2. The minimum Gasteiger partial charge on any atom is -0.494 e. The van der Waals surface area contributed by atoms with Crippen molar-refractivity contribution in [3.63, 3.8) is 0 Å². The Bertz CT molecular complexity index is 924. The number of carbonyl (C=O) groups excluding carboxylic acids is 2. The number of hydrogen-bond donors (Lipinski definition) is 1. The van der Waals surface area contributed by atoms with Gasteiger partial charge in [0.25, 0.3) is 0 Å². The molecule has 9 nitrogen and oxygen atoms in total. The van der Waals surface area contributed by atoms with E-state index in [0.717, 1.165) is 17.7 Å². The Labute approximate surface area is 180 Å². The van der Waals surface area contributed by atoms with Gasteiger partial charge in [-0.15, -0.1) is 0 Å². The Hall–Kier alpha value is -2.88. The molecule has 2 aromatic rings. The minimum absolute atomic E-state index is 0.0301. The van der Waals surface area contributed by atoms with E-state index in [-0.39, 0.29) is 12.0 Å². The van der Waals surface area contributed by atoms with Gasteiger partial charge in [0.15, 0.2) is 10.6 Å². The van der Waals surface area contributed by atoms with Gasteiger partial charge in [-0.3, -0.25) is 14.5 Å². The average Bonchev–Trinajstić information content (AvgIpc) is 2.96. The van der Waals surface area contributed by atoms with Crippen molar-refractivity contribution in [2.24, 2.45) is 0 Å². The summed E-state index contributed by atoms with van der Waals surface area (Å²) in [5, 5.41) is 7.14. The second-order valence-corrected chi connectivity index (χ2v) is 7.29. The normalized spacial score (nSPS) is 14.3. The van der Waals surface area contributed by atoms with Gasteiger partial charge in [-0.25, -0.2) is 4.79 Å². The van der Waals surface area contributed by atoms with Crippen LogP contribution in [0.25, 0.3) is 11.4 Å². The summed E-state index contributed by atoms with van der Waals surface area (Å²) in [6.45, 7) is 5.15. The maximum Gasteiger partial charge on any atom is 0.409 e. The van der Waals surface area contributed by atoms with Crippen molar-refractivity contribution >= 4 is 24.2 Å². The van der Waals surface area contributed by atoms with E-state index in [0.29, 0.717) is 56.3 Å².